The van der Waals surface area contributed by atoms with Gasteiger partial charge in [-0.1, -0.05) is 18.2 Å². The van der Waals surface area contributed by atoms with Gasteiger partial charge in [-0.25, -0.2) is 10.1 Å². The van der Waals surface area contributed by atoms with Gasteiger partial charge in [0.15, 0.2) is 11.5 Å². The predicted octanol–water partition coefficient (Wildman–Crippen LogP) is 3.02. The van der Waals surface area contributed by atoms with Crippen LogP contribution in [0.25, 0.3) is 0 Å². The van der Waals surface area contributed by atoms with Crippen molar-refractivity contribution < 1.29 is 14.2 Å². The lowest BCUT2D eigenvalue weighted by Crippen LogP contribution is -2.09. The number of H-pyrrole nitrogens is 1. The average Bonchev–Trinajstić information content (AvgIpc) is 3.18. The third-order valence-corrected chi connectivity index (χ3v) is 3.28. The fourth-order valence-electron chi connectivity index (χ4n) is 2.11. The SMILES string of the molecule is COc1cc(/C=N/c2ncn[nH]2)ccc1OCCOc1ccccc1. The first-order valence-electron chi connectivity index (χ1n) is 7.73. The van der Waals surface area contributed by atoms with Gasteiger partial charge in [0.2, 0.25) is 5.95 Å². The molecule has 0 aliphatic rings. The first kappa shape index (κ1) is 16.5. The van der Waals surface area contributed by atoms with Gasteiger partial charge < -0.3 is 14.2 Å². The maximum atomic E-state index is 5.73. The first-order chi connectivity index (χ1) is 12.3. The number of aromatic amines is 1. The predicted molar refractivity (Wildman–Crippen MR) is 94.1 cm³/mol. The maximum absolute atomic E-state index is 5.73. The van der Waals surface area contributed by atoms with Gasteiger partial charge in [-0.15, -0.1) is 0 Å². The summed E-state index contributed by atoms with van der Waals surface area (Å²) in [5, 5.41) is 6.41. The summed E-state index contributed by atoms with van der Waals surface area (Å²) in [6.45, 7) is 0.860. The van der Waals surface area contributed by atoms with Crippen molar-refractivity contribution in [3.63, 3.8) is 0 Å². The van der Waals surface area contributed by atoms with Crippen LogP contribution in [0.15, 0.2) is 59.9 Å². The van der Waals surface area contributed by atoms with Crippen LogP contribution < -0.4 is 14.2 Å². The first-order valence-corrected chi connectivity index (χ1v) is 7.73. The average molecular weight is 338 g/mol. The van der Waals surface area contributed by atoms with Crippen molar-refractivity contribution >= 4 is 12.2 Å². The van der Waals surface area contributed by atoms with Crippen LogP contribution in [0.2, 0.25) is 0 Å². The standard InChI is InChI=1S/C18H18N4O3/c1-23-17-11-14(12-19-18-20-13-21-22-18)7-8-16(17)25-10-9-24-15-5-3-2-4-6-15/h2-8,11-13H,9-10H2,1H3,(H,20,21,22)/b19-12+. The highest BCUT2D eigenvalue weighted by Gasteiger charge is 2.05. The number of methoxy groups -OCH3 is 1. The molecule has 0 fully saturated rings. The Balaban J connectivity index is 1.56. The number of aromatic nitrogens is 3. The molecule has 0 atom stereocenters. The number of hydrogen-bond donors (Lipinski definition) is 1. The molecule has 7 nitrogen and oxygen atoms in total. The Labute approximate surface area is 145 Å². The van der Waals surface area contributed by atoms with E-state index < -0.39 is 0 Å². The van der Waals surface area contributed by atoms with E-state index in [-0.39, 0.29) is 0 Å². The third-order valence-electron chi connectivity index (χ3n) is 3.28. The Morgan fingerprint density at radius 3 is 2.64 bits per heavy atom. The molecule has 0 aliphatic heterocycles. The quantitative estimate of drug-likeness (QED) is 0.504. The Morgan fingerprint density at radius 2 is 1.88 bits per heavy atom. The van der Waals surface area contributed by atoms with E-state index in [1.165, 1.54) is 6.33 Å². The van der Waals surface area contributed by atoms with Gasteiger partial charge in [-0.2, -0.15) is 10.1 Å². The van der Waals surface area contributed by atoms with E-state index in [0.717, 1.165) is 11.3 Å². The lowest BCUT2D eigenvalue weighted by atomic mass is 10.2. The molecule has 0 spiro atoms. The molecule has 7 heteroatoms. The highest BCUT2D eigenvalue weighted by Crippen LogP contribution is 2.27. The summed E-state index contributed by atoms with van der Waals surface area (Å²) in [7, 11) is 1.60. The minimum Gasteiger partial charge on any atom is -0.493 e. The van der Waals surface area contributed by atoms with Crippen LogP contribution in [0.1, 0.15) is 5.56 Å². The number of rotatable bonds is 8. The van der Waals surface area contributed by atoms with Gasteiger partial charge in [-0.05, 0) is 35.9 Å². The molecule has 0 radical (unpaired) electrons. The fourth-order valence-corrected chi connectivity index (χ4v) is 2.11. The second-order valence-corrected chi connectivity index (χ2v) is 4.99. The van der Waals surface area contributed by atoms with Crippen molar-refractivity contribution in [1.29, 1.82) is 0 Å². The van der Waals surface area contributed by atoms with Crippen LogP contribution in [-0.2, 0) is 0 Å². The number of nitrogens with one attached hydrogen (secondary N) is 1. The van der Waals surface area contributed by atoms with Crippen LogP contribution in [-0.4, -0.2) is 41.7 Å². The van der Waals surface area contributed by atoms with E-state index in [1.807, 2.05) is 48.5 Å². The van der Waals surface area contributed by atoms with Gasteiger partial charge in [-0.3, -0.25) is 0 Å². The zero-order chi connectivity index (χ0) is 17.3. The Morgan fingerprint density at radius 1 is 1.04 bits per heavy atom. The zero-order valence-electron chi connectivity index (χ0n) is 13.8. The van der Waals surface area contributed by atoms with Gasteiger partial charge in [0, 0.05) is 6.21 Å². The summed E-state index contributed by atoms with van der Waals surface area (Å²) < 4.78 is 16.7. The van der Waals surface area contributed by atoms with Gasteiger partial charge >= 0.3 is 0 Å². The van der Waals surface area contributed by atoms with Crippen LogP contribution in [0.4, 0.5) is 5.95 Å². The number of ether oxygens (including phenoxy) is 3. The number of aliphatic imine (C=N–C) groups is 1. The molecule has 1 heterocycles. The molecule has 2 aromatic carbocycles. The number of hydrogen-bond acceptors (Lipinski definition) is 6. The van der Waals surface area contributed by atoms with E-state index in [4.69, 9.17) is 14.2 Å². The number of nitrogens with zero attached hydrogens (tertiary/aromatic N) is 3. The lowest BCUT2D eigenvalue weighted by molar-refractivity contribution is 0.211. The highest BCUT2D eigenvalue weighted by atomic mass is 16.5. The Hall–Kier alpha value is -3.35. The molecule has 1 aromatic heterocycles. The van der Waals surface area contributed by atoms with Crippen molar-refractivity contribution in [3.05, 3.63) is 60.4 Å². The molecular weight excluding hydrogens is 320 g/mol. The van der Waals surface area contributed by atoms with E-state index in [9.17, 15) is 0 Å². The Bertz CT molecular complexity index is 804. The molecular formula is C18H18N4O3. The molecule has 0 unspecified atom stereocenters. The molecule has 128 valence electrons. The van der Waals surface area contributed by atoms with Crippen molar-refractivity contribution in [2.75, 3.05) is 20.3 Å². The van der Waals surface area contributed by atoms with Crippen LogP contribution in [0.5, 0.6) is 17.2 Å². The zero-order valence-corrected chi connectivity index (χ0v) is 13.8. The molecule has 3 aromatic rings. The molecule has 0 saturated carbocycles. The van der Waals surface area contributed by atoms with Crippen molar-refractivity contribution in [1.82, 2.24) is 15.2 Å². The van der Waals surface area contributed by atoms with E-state index in [2.05, 4.69) is 20.2 Å². The molecule has 25 heavy (non-hydrogen) atoms. The smallest absolute Gasteiger partial charge is 0.245 e. The lowest BCUT2D eigenvalue weighted by Gasteiger charge is -2.12. The monoisotopic (exact) mass is 338 g/mol. The highest BCUT2D eigenvalue weighted by molar-refractivity contribution is 5.82. The van der Waals surface area contributed by atoms with E-state index in [1.54, 1.807) is 13.3 Å². The minimum absolute atomic E-state index is 0.413. The van der Waals surface area contributed by atoms with Crippen molar-refractivity contribution in [2.24, 2.45) is 4.99 Å². The van der Waals surface area contributed by atoms with Crippen molar-refractivity contribution in [2.45, 2.75) is 0 Å². The second kappa shape index (κ2) is 8.49. The second-order valence-electron chi connectivity index (χ2n) is 4.99. The van der Waals surface area contributed by atoms with Gasteiger partial charge in [0.05, 0.1) is 7.11 Å². The molecule has 0 saturated heterocycles. The van der Waals surface area contributed by atoms with E-state index >= 15 is 0 Å². The van der Waals surface area contributed by atoms with Crippen molar-refractivity contribution in [3.8, 4) is 17.2 Å². The third kappa shape index (κ3) is 4.81. The topological polar surface area (TPSA) is 81.6 Å². The molecule has 0 aliphatic carbocycles. The molecule has 1 N–H and O–H groups in total. The number of benzene rings is 2. The minimum atomic E-state index is 0.413. The van der Waals surface area contributed by atoms with E-state index in [0.29, 0.717) is 30.7 Å². The largest absolute Gasteiger partial charge is 0.493 e. The van der Waals surface area contributed by atoms with Gasteiger partial charge in [0.1, 0.15) is 25.3 Å². The fraction of sp³-hybridized carbons (Fsp3) is 0.167. The van der Waals surface area contributed by atoms with Crippen LogP contribution >= 0.6 is 0 Å². The summed E-state index contributed by atoms with van der Waals surface area (Å²) in [5.74, 6) is 2.53. The molecule has 0 amide bonds. The summed E-state index contributed by atoms with van der Waals surface area (Å²) in [4.78, 5) is 8.11. The van der Waals surface area contributed by atoms with Gasteiger partial charge in [0.25, 0.3) is 0 Å². The Kier molecular flexibility index (Phi) is 5.60. The normalized spacial score (nSPS) is 10.8. The summed E-state index contributed by atoms with van der Waals surface area (Å²) in [5.41, 5.74) is 0.862. The van der Waals surface area contributed by atoms with Crippen LogP contribution in [0, 0.1) is 0 Å². The van der Waals surface area contributed by atoms with Crippen LogP contribution in [0.3, 0.4) is 0 Å². The summed E-state index contributed by atoms with van der Waals surface area (Å²) >= 11 is 0. The maximum Gasteiger partial charge on any atom is 0.245 e. The summed E-state index contributed by atoms with van der Waals surface area (Å²) in [6, 6.07) is 15.2. The summed E-state index contributed by atoms with van der Waals surface area (Å²) in [6.07, 6.45) is 3.08. The molecule has 3 rings (SSSR count). The molecule has 0 bridgehead atoms. The number of para-hydroxylation sites is 1.